The Morgan fingerprint density at radius 2 is 2.19 bits per heavy atom. The Kier molecular flexibility index (Phi) is 5.87. The van der Waals surface area contributed by atoms with E-state index < -0.39 is 0 Å². The molecule has 0 aliphatic carbocycles. The second-order valence-electron chi connectivity index (χ2n) is 7.66. The maximum absolute atomic E-state index is 3.81. The summed E-state index contributed by atoms with van der Waals surface area (Å²) in [6.45, 7) is 15.3. The Balaban J connectivity index is 2.01. The standard InChI is InChI=1S/C18H32N2S/c1-6-14(2)16-12-20(9-7-15-8-10-21-13-15)17(11-19-16)18(3,4)5/h8,10,13-14,16-17,19H,6-7,9,11-12H2,1-5H3. The molecule has 1 fully saturated rings. The van der Waals surface area contributed by atoms with Crippen molar-refractivity contribution in [1.82, 2.24) is 10.2 Å². The number of hydrogen-bond donors (Lipinski definition) is 1. The molecule has 0 bridgehead atoms. The number of rotatable bonds is 5. The van der Waals surface area contributed by atoms with E-state index in [0.29, 0.717) is 17.5 Å². The largest absolute Gasteiger partial charge is 0.311 e. The quantitative estimate of drug-likeness (QED) is 0.883. The Morgan fingerprint density at radius 3 is 2.76 bits per heavy atom. The fourth-order valence-corrected chi connectivity index (χ4v) is 4.01. The molecule has 1 aliphatic heterocycles. The van der Waals surface area contributed by atoms with E-state index in [2.05, 4.69) is 61.7 Å². The average Bonchev–Trinajstić information content (AvgIpc) is 2.96. The van der Waals surface area contributed by atoms with Crippen LogP contribution in [-0.2, 0) is 6.42 Å². The van der Waals surface area contributed by atoms with Gasteiger partial charge in [0.1, 0.15) is 0 Å². The third-order valence-electron chi connectivity index (χ3n) is 5.04. The van der Waals surface area contributed by atoms with Gasteiger partial charge in [0.05, 0.1) is 0 Å². The molecule has 1 saturated heterocycles. The summed E-state index contributed by atoms with van der Waals surface area (Å²) in [5.41, 5.74) is 1.83. The topological polar surface area (TPSA) is 15.3 Å². The number of piperazine rings is 1. The van der Waals surface area contributed by atoms with E-state index in [1.54, 1.807) is 0 Å². The molecule has 0 amide bonds. The van der Waals surface area contributed by atoms with Gasteiger partial charge in [0.2, 0.25) is 0 Å². The first-order chi connectivity index (χ1) is 9.91. The van der Waals surface area contributed by atoms with Gasteiger partial charge < -0.3 is 5.32 Å². The van der Waals surface area contributed by atoms with Crippen LogP contribution in [0.4, 0.5) is 0 Å². The lowest BCUT2D eigenvalue weighted by molar-refractivity contribution is 0.0449. The van der Waals surface area contributed by atoms with Gasteiger partial charge in [-0.1, -0.05) is 41.0 Å². The summed E-state index contributed by atoms with van der Waals surface area (Å²) in [7, 11) is 0. The summed E-state index contributed by atoms with van der Waals surface area (Å²) in [6.07, 6.45) is 2.44. The van der Waals surface area contributed by atoms with Crippen LogP contribution in [0.1, 0.15) is 46.6 Å². The maximum atomic E-state index is 3.81. The van der Waals surface area contributed by atoms with Crippen LogP contribution in [0.5, 0.6) is 0 Å². The smallest absolute Gasteiger partial charge is 0.0269 e. The summed E-state index contributed by atoms with van der Waals surface area (Å²) < 4.78 is 0. The minimum Gasteiger partial charge on any atom is -0.311 e. The highest BCUT2D eigenvalue weighted by Crippen LogP contribution is 2.28. The van der Waals surface area contributed by atoms with E-state index in [1.165, 1.54) is 31.5 Å². The molecule has 2 rings (SSSR count). The Labute approximate surface area is 134 Å². The molecule has 1 aliphatic rings. The van der Waals surface area contributed by atoms with Gasteiger partial charge in [-0.05, 0) is 40.1 Å². The zero-order chi connectivity index (χ0) is 15.5. The van der Waals surface area contributed by atoms with Crippen molar-refractivity contribution in [2.75, 3.05) is 19.6 Å². The molecule has 0 radical (unpaired) electrons. The molecule has 120 valence electrons. The summed E-state index contributed by atoms with van der Waals surface area (Å²) in [5.74, 6) is 0.759. The van der Waals surface area contributed by atoms with Gasteiger partial charge in [-0.2, -0.15) is 11.3 Å². The minimum atomic E-state index is 0.335. The summed E-state index contributed by atoms with van der Waals surface area (Å²) in [5, 5.41) is 8.29. The second kappa shape index (κ2) is 7.26. The van der Waals surface area contributed by atoms with E-state index in [9.17, 15) is 0 Å². The fourth-order valence-electron chi connectivity index (χ4n) is 3.31. The van der Waals surface area contributed by atoms with Crippen LogP contribution in [-0.4, -0.2) is 36.6 Å². The molecule has 3 unspecified atom stereocenters. The monoisotopic (exact) mass is 308 g/mol. The van der Waals surface area contributed by atoms with Crippen molar-refractivity contribution >= 4 is 11.3 Å². The molecule has 1 aromatic rings. The normalized spacial score (nSPS) is 26.0. The molecule has 0 saturated carbocycles. The summed E-state index contributed by atoms with van der Waals surface area (Å²) in [4.78, 5) is 2.74. The van der Waals surface area contributed by atoms with Crippen molar-refractivity contribution in [3.63, 3.8) is 0 Å². The van der Waals surface area contributed by atoms with E-state index in [0.717, 1.165) is 12.5 Å². The third-order valence-corrected chi connectivity index (χ3v) is 5.78. The average molecular weight is 309 g/mol. The van der Waals surface area contributed by atoms with Crippen LogP contribution in [0.25, 0.3) is 0 Å². The molecule has 21 heavy (non-hydrogen) atoms. The van der Waals surface area contributed by atoms with Crippen molar-refractivity contribution in [1.29, 1.82) is 0 Å². The Bertz CT molecular complexity index is 407. The van der Waals surface area contributed by atoms with E-state index in [-0.39, 0.29) is 0 Å². The van der Waals surface area contributed by atoms with Crippen LogP contribution < -0.4 is 5.32 Å². The minimum absolute atomic E-state index is 0.335. The van der Waals surface area contributed by atoms with E-state index in [1.807, 2.05) is 11.3 Å². The number of hydrogen-bond acceptors (Lipinski definition) is 3. The van der Waals surface area contributed by atoms with Crippen LogP contribution in [0.3, 0.4) is 0 Å². The van der Waals surface area contributed by atoms with E-state index in [4.69, 9.17) is 0 Å². The third kappa shape index (κ3) is 4.54. The lowest BCUT2D eigenvalue weighted by atomic mass is 9.82. The molecule has 3 atom stereocenters. The van der Waals surface area contributed by atoms with Gasteiger partial charge in [0.15, 0.2) is 0 Å². The highest BCUT2D eigenvalue weighted by atomic mass is 32.1. The lowest BCUT2D eigenvalue weighted by Crippen LogP contribution is -2.62. The van der Waals surface area contributed by atoms with Gasteiger partial charge in [0, 0.05) is 31.7 Å². The predicted octanol–water partition coefficient (Wildman–Crippen LogP) is 4.03. The van der Waals surface area contributed by atoms with Gasteiger partial charge in [-0.3, -0.25) is 4.90 Å². The Morgan fingerprint density at radius 1 is 1.43 bits per heavy atom. The summed E-state index contributed by atoms with van der Waals surface area (Å²) >= 11 is 1.81. The van der Waals surface area contributed by atoms with Gasteiger partial charge >= 0.3 is 0 Å². The van der Waals surface area contributed by atoms with Gasteiger partial charge in [-0.25, -0.2) is 0 Å². The zero-order valence-corrected chi connectivity index (χ0v) is 15.2. The molecule has 0 spiro atoms. The first kappa shape index (κ1) is 17.0. The molecule has 1 aromatic heterocycles. The Hall–Kier alpha value is -0.380. The molecular formula is C18H32N2S. The fraction of sp³-hybridized carbons (Fsp3) is 0.778. The molecular weight excluding hydrogens is 276 g/mol. The van der Waals surface area contributed by atoms with Crippen molar-refractivity contribution in [3.8, 4) is 0 Å². The maximum Gasteiger partial charge on any atom is 0.0269 e. The first-order valence-corrected chi connectivity index (χ1v) is 9.34. The van der Waals surface area contributed by atoms with Crippen LogP contribution in [0, 0.1) is 11.3 Å². The number of nitrogens with zero attached hydrogens (tertiary/aromatic N) is 1. The van der Waals surface area contributed by atoms with Crippen LogP contribution >= 0.6 is 11.3 Å². The molecule has 1 N–H and O–H groups in total. The molecule has 3 heteroatoms. The van der Waals surface area contributed by atoms with E-state index >= 15 is 0 Å². The first-order valence-electron chi connectivity index (χ1n) is 8.40. The van der Waals surface area contributed by atoms with Crippen LogP contribution in [0.15, 0.2) is 16.8 Å². The van der Waals surface area contributed by atoms with Crippen molar-refractivity contribution < 1.29 is 0 Å². The SMILES string of the molecule is CCC(C)C1CN(CCc2ccsc2)C(C(C)(C)C)CN1. The van der Waals surface area contributed by atoms with Crippen molar-refractivity contribution in [2.24, 2.45) is 11.3 Å². The van der Waals surface area contributed by atoms with Crippen molar-refractivity contribution in [2.45, 2.75) is 59.5 Å². The highest BCUT2D eigenvalue weighted by Gasteiger charge is 2.36. The van der Waals surface area contributed by atoms with Gasteiger partial charge in [0.25, 0.3) is 0 Å². The van der Waals surface area contributed by atoms with Gasteiger partial charge in [-0.15, -0.1) is 0 Å². The predicted molar refractivity (Wildman–Crippen MR) is 94.1 cm³/mol. The molecule has 2 nitrogen and oxygen atoms in total. The molecule has 0 aromatic carbocycles. The number of nitrogens with one attached hydrogen (secondary N) is 1. The molecule has 2 heterocycles. The second-order valence-corrected chi connectivity index (χ2v) is 8.44. The van der Waals surface area contributed by atoms with Crippen molar-refractivity contribution in [3.05, 3.63) is 22.4 Å². The van der Waals surface area contributed by atoms with Crippen LogP contribution in [0.2, 0.25) is 0 Å². The summed E-state index contributed by atoms with van der Waals surface area (Å²) in [6, 6.07) is 3.55. The number of thiophene rings is 1. The zero-order valence-electron chi connectivity index (χ0n) is 14.4. The lowest BCUT2D eigenvalue weighted by Gasteiger charge is -2.47. The highest BCUT2D eigenvalue weighted by molar-refractivity contribution is 7.07.